The number of benzene rings is 3. The molecule has 0 fully saturated rings. The van der Waals surface area contributed by atoms with E-state index in [0.29, 0.717) is 22.6 Å². The van der Waals surface area contributed by atoms with Gasteiger partial charge in [-0.1, -0.05) is 30.3 Å². The second-order valence-electron chi connectivity index (χ2n) is 11.7. The topological polar surface area (TPSA) is 142 Å². The highest BCUT2D eigenvalue weighted by Gasteiger charge is 2.43. The molecule has 2 atom stereocenters. The van der Waals surface area contributed by atoms with Crippen LogP contribution in [-0.2, 0) is 35.3 Å². The molecule has 0 amide bonds. The summed E-state index contributed by atoms with van der Waals surface area (Å²) >= 11 is 0. The quantitative estimate of drug-likeness (QED) is 0.146. The van der Waals surface area contributed by atoms with Gasteiger partial charge in [0, 0.05) is 18.7 Å². The van der Waals surface area contributed by atoms with Crippen LogP contribution >= 0.6 is 0 Å². The van der Waals surface area contributed by atoms with Gasteiger partial charge in [0.15, 0.2) is 0 Å². The average Bonchev–Trinajstić information content (AvgIpc) is 3.57. The molecule has 0 aliphatic heterocycles. The van der Waals surface area contributed by atoms with Crippen molar-refractivity contribution in [2.45, 2.75) is 50.7 Å². The van der Waals surface area contributed by atoms with Crippen molar-refractivity contribution in [3.8, 4) is 28.8 Å². The number of aliphatic hydroxyl groups is 1. The number of rotatable bonds is 14. The van der Waals surface area contributed by atoms with Crippen LogP contribution in [0.25, 0.3) is 11.5 Å². The van der Waals surface area contributed by atoms with Crippen LogP contribution in [-0.4, -0.2) is 68.9 Å². The van der Waals surface area contributed by atoms with Crippen LogP contribution in [0.1, 0.15) is 36.2 Å². The van der Waals surface area contributed by atoms with Crippen molar-refractivity contribution < 1.29 is 45.3 Å². The van der Waals surface area contributed by atoms with Crippen LogP contribution in [0.3, 0.4) is 0 Å². The van der Waals surface area contributed by atoms with Crippen LogP contribution in [0.4, 0.5) is 17.6 Å². The van der Waals surface area contributed by atoms with E-state index in [1.807, 2.05) is 0 Å². The molecule has 1 N–H and O–H groups in total. The largest absolute Gasteiger partial charge is 0.573 e. The molecule has 5 rings (SSSR count). The van der Waals surface area contributed by atoms with Crippen LogP contribution in [0.2, 0.25) is 0 Å². The number of ether oxygens (including phenoxy) is 3. The maximum absolute atomic E-state index is 14.4. The number of aromatic nitrogens is 5. The number of hydrogen-bond acceptors (Lipinski definition) is 10. The Bertz CT molecular complexity index is 2010. The SMILES string of the molecule is COc1ccc(CN(Cc2ccc(OC)cc2)S(=O)(=O)C(C)C(C)(O)c2cccc(-c3nnn(Cc4cc(OC(F)(F)F)ccc4F)n3)n2)cc1. The summed E-state index contributed by atoms with van der Waals surface area (Å²) in [6.07, 6.45) is -4.96. The first-order chi connectivity index (χ1) is 24.1. The lowest BCUT2D eigenvalue weighted by Gasteiger charge is -2.34. The Kier molecular flexibility index (Phi) is 10.9. The monoisotopic (exact) mass is 730 g/mol. The van der Waals surface area contributed by atoms with Gasteiger partial charge < -0.3 is 19.3 Å². The molecule has 5 aromatic rings. The lowest BCUT2D eigenvalue weighted by Crippen LogP contribution is -2.47. The van der Waals surface area contributed by atoms with Crippen molar-refractivity contribution in [1.29, 1.82) is 0 Å². The van der Waals surface area contributed by atoms with Crippen LogP contribution in [0.5, 0.6) is 17.2 Å². The molecule has 0 bridgehead atoms. The second-order valence-corrected chi connectivity index (χ2v) is 13.9. The normalized spacial score (nSPS) is 13.8. The molecule has 12 nitrogen and oxygen atoms in total. The molecule has 3 aromatic carbocycles. The number of tetrazole rings is 1. The molecule has 2 unspecified atom stereocenters. The summed E-state index contributed by atoms with van der Waals surface area (Å²) in [5, 5.41) is 22.3. The zero-order chi connectivity index (χ0) is 37.0. The summed E-state index contributed by atoms with van der Waals surface area (Å²) in [7, 11) is -1.19. The number of hydrogen-bond donors (Lipinski definition) is 1. The van der Waals surface area contributed by atoms with Gasteiger partial charge in [0.05, 0.1) is 26.5 Å². The lowest BCUT2D eigenvalue weighted by atomic mass is 9.97. The average molecular weight is 731 g/mol. The second kappa shape index (κ2) is 15.0. The van der Waals surface area contributed by atoms with E-state index in [0.717, 1.165) is 23.0 Å². The molecule has 0 radical (unpaired) electrons. The van der Waals surface area contributed by atoms with Gasteiger partial charge in [-0.15, -0.1) is 23.4 Å². The molecule has 2 aromatic heterocycles. The van der Waals surface area contributed by atoms with Gasteiger partial charge in [-0.3, -0.25) is 0 Å². The van der Waals surface area contributed by atoms with Crippen molar-refractivity contribution in [3.63, 3.8) is 0 Å². The first-order valence-corrected chi connectivity index (χ1v) is 16.9. The first kappa shape index (κ1) is 37.1. The molecule has 51 heavy (non-hydrogen) atoms. The van der Waals surface area contributed by atoms with Gasteiger partial charge in [-0.2, -0.15) is 9.10 Å². The molecular formula is C34H34F4N6O6S. The minimum atomic E-state index is -4.96. The molecule has 270 valence electrons. The van der Waals surface area contributed by atoms with E-state index < -0.39 is 45.3 Å². The predicted octanol–water partition coefficient (Wildman–Crippen LogP) is 5.47. The number of methoxy groups -OCH3 is 2. The molecule has 0 saturated heterocycles. The first-order valence-electron chi connectivity index (χ1n) is 15.4. The van der Waals surface area contributed by atoms with E-state index in [9.17, 15) is 31.1 Å². The fourth-order valence-electron chi connectivity index (χ4n) is 5.10. The van der Waals surface area contributed by atoms with Gasteiger partial charge in [-0.05, 0) is 84.8 Å². The highest BCUT2D eigenvalue weighted by atomic mass is 32.2. The van der Waals surface area contributed by atoms with Gasteiger partial charge in [0.25, 0.3) is 0 Å². The number of alkyl halides is 3. The van der Waals surface area contributed by atoms with Crippen molar-refractivity contribution in [1.82, 2.24) is 29.5 Å². The smallest absolute Gasteiger partial charge is 0.497 e. The van der Waals surface area contributed by atoms with Crippen LogP contribution in [0.15, 0.2) is 84.9 Å². The summed E-state index contributed by atoms with van der Waals surface area (Å²) in [5.41, 5.74) is -0.763. The van der Waals surface area contributed by atoms with Gasteiger partial charge in [0.1, 0.15) is 39.6 Å². The van der Waals surface area contributed by atoms with E-state index in [1.54, 1.807) is 48.5 Å². The van der Waals surface area contributed by atoms with Crippen molar-refractivity contribution in [2.24, 2.45) is 0 Å². The Morgan fingerprint density at radius 3 is 2.00 bits per heavy atom. The third kappa shape index (κ3) is 8.97. The standard InChI is InChI=1S/C34H34F4N6O6S/c1-22(51(46,47)43(19-23-8-12-26(48-3)13-9-23)20-24-10-14-27(49-4)15-11-24)33(2,45)31-7-5-6-30(39-31)32-40-42-44(41-32)21-25-18-28(16-17-29(25)35)50-34(36,37)38/h5-18,22,45H,19-21H2,1-4H3. The molecule has 0 spiro atoms. The molecule has 17 heteroatoms. The maximum atomic E-state index is 14.4. The number of pyridine rings is 1. The van der Waals surface area contributed by atoms with E-state index in [1.165, 1.54) is 50.6 Å². The molecule has 2 heterocycles. The summed E-state index contributed by atoms with van der Waals surface area (Å²) < 4.78 is 96.6. The predicted molar refractivity (Wildman–Crippen MR) is 176 cm³/mol. The maximum Gasteiger partial charge on any atom is 0.573 e. The molecule has 0 aliphatic carbocycles. The fraction of sp³-hybridized carbons (Fsp3) is 0.294. The van der Waals surface area contributed by atoms with E-state index >= 15 is 0 Å². The number of halogens is 4. The summed E-state index contributed by atoms with van der Waals surface area (Å²) in [5.74, 6) is -0.282. The van der Waals surface area contributed by atoms with Crippen LogP contribution < -0.4 is 14.2 Å². The van der Waals surface area contributed by atoms with Crippen LogP contribution in [0, 0.1) is 5.82 Å². The van der Waals surface area contributed by atoms with E-state index in [2.05, 4.69) is 25.1 Å². The summed E-state index contributed by atoms with van der Waals surface area (Å²) in [4.78, 5) is 5.39. The Morgan fingerprint density at radius 2 is 1.45 bits per heavy atom. The third-order valence-electron chi connectivity index (χ3n) is 8.15. The lowest BCUT2D eigenvalue weighted by molar-refractivity contribution is -0.274. The molecular weight excluding hydrogens is 696 g/mol. The Morgan fingerprint density at radius 1 is 0.882 bits per heavy atom. The molecule has 0 saturated carbocycles. The third-order valence-corrected chi connectivity index (χ3v) is 10.5. The minimum Gasteiger partial charge on any atom is -0.497 e. The highest BCUT2D eigenvalue weighted by Crippen LogP contribution is 2.33. The highest BCUT2D eigenvalue weighted by molar-refractivity contribution is 7.89. The Balaban J connectivity index is 1.40. The van der Waals surface area contributed by atoms with Gasteiger partial charge >= 0.3 is 6.36 Å². The Hall–Kier alpha value is -5.13. The van der Waals surface area contributed by atoms with Gasteiger partial charge in [-0.25, -0.2) is 17.8 Å². The van der Waals surface area contributed by atoms with Gasteiger partial charge in [0.2, 0.25) is 15.8 Å². The zero-order valence-electron chi connectivity index (χ0n) is 27.9. The van der Waals surface area contributed by atoms with E-state index in [-0.39, 0.29) is 35.9 Å². The fourth-order valence-corrected chi connectivity index (χ4v) is 6.91. The van der Waals surface area contributed by atoms with Crippen molar-refractivity contribution in [3.05, 3.63) is 113 Å². The molecule has 0 aliphatic rings. The summed E-state index contributed by atoms with van der Waals surface area (Å²) in [6.45, 7) is 2.32. The summed E-state index contributed by atoms with van der Waals surface area (Å²) in [6, 6.07) is 20.9. The zero-order valence-corrected chi connectivity index (χ0v) is 28.7. The van der Waals surface area contributed by atoms with Crippen molar-refractivity contribution in [2.75, 3.05) is 14.2 Å². The number of nitrogens with zero attached hydrogens (tertiary/aromatic N) is 6. The van der Waals surface area contributed by atoms with E-state index in [4.69, 9.17) is 9.47 Å². The van der Waals surface area contributed by atoms with Crippen molar-refractivity contribution >= 4 is 10.0 Å². The Labute approximate surface area is 291 Å². The minimum absolute atomic E-state index is 0.00883. The number of sulfonamides is 1.